The first-order valence-electron chi connectivity index (χ1n) is 7.73. The van der Waals surface area contributed by atoms with Crippen LogP contribution < -0.4 is 10.1 Å². The molecule has 0 atom stereocenters. The molecule has 0 saturated heterocycles. The molecular weight excluding hydrogens is 304 g/mol. The lowest BCUT2D eigenvalue weighted by atomic mass is 9.82. The molecule has 0 aliphatic heterocycles. The highest BCUT2D eigenvalue weighted by molar-refractivity contribution is 5.79. The second-order valence-electron chi connectivity index (χ2n) is 6.33. The molecule has 1 aromatic carbocycles. The number of aliphatic hydroxyl groups is 1. The molecule has 128 valence electrons. The fraction of sp³-hybridized carbons (Fsp3) is 0.588. The average Bonchev–Trinajstić information content (AvgIpc) is 2.51. The van der Waals surface area contributed by atoms with E-state index < -0.39 is 11.5 Å². The van der Waals surface area contributed by atoms with Gasteiger partial charge in [0.15, 0.2) is 0 Å². The number of alkyl halides is 2. The Morgan fingerprint density at radius 1 is 1.30 bits per heavy atom. The van der Waals surface area contributed by atoms with Gasteiger partial charge in [0.1, 0.15) is 5.75 Å². The van der Waals surface area contributed by atoms with E-state index in [0.29, 0.717) is 0 Å². The second-order valence-corrected chi connectivity index (χ2v) is 6.33. The number of nitrogens with one attached hydrogen (secondary N) is 1. The second kappa shape index (κ2) is 6.83. The predicted octanol–water partition coefficient (Wildman–Crippen LogP) is 2.60. The molecule has 1 amide bonds. The molecule has 23 heavy (non-hydrogen) atoms. The zero-order valence-electron chi connectivity index (χ0n) is 13.5. The van der Waals surface area contributed by atoms with Crippen LogP contribution in [0, 0.1) is 6.92 Å². The lowest BCUT2D eigenvalue weighted by Crippen LogP contribution is -2.47. The first kappa shape index (κ1) is 17.7. The Morgan fingerprint density at radius 3 is 2.52 bits per heavy atom. The Hall–Kier alpha value is -1.69. The summed E-state index contributed by atoms with van der Waals surface area (Å²) in [6, 6.07) is 5.45. The highest BCUT2D eigenvalue weighted by Crippen LogP contribution is 2.38. The van der Waals surface area contributed by atoms with E-state index in [0.717, 1.165) is 16.9 Å². The van der Waals surface area contributed by atoms with Crippen LogP contribution in [0.4, 0.5) is 8.78 Å². The van der Waals surface area contributed by atoms with Crippen LogP contribution in [-0.4, -0.2) is 36.2 Å². The van der Waals surface area contributed by atoms with E-state index in [1.165, 1.54) is 0 Å². The molecule has 4 nitrogen and oxygen atoms in total. The summed E-state index contributed by atoms with van der Waals surface area (Å²) in [7, 11) is 1.58. The van der Waals surface area contributed by atoms with Crippen molar-refractivity contribution in [3.63, 3.8) is 0 Å². The smallest absolute Gasteiger partial charge is 0.248 e. The molecule has 1 fully saturated rings. The minimum atomic E-state index is -2.70. The topological polar surface area (TPSA) is 58.6 Å². The molecule has 0 spiro atoms. The molecule has 0 radical (unpaired) electrons. The number of carbonyl (C=O) groups is 1. The van der Waals surface area contributed by atoms with Crippen LogP contribution in [0.2, 0.25) is 0 Å². The number of amides is 1. The van der Waals surface area contributed by atoms with E-state index in [1.807, 2.05) is 19.1 Å². The van der Waals surface area contributed by atoms with Crippen LogP contribution >= 0.6 is 0 Å². The van der Waals surface area contributed by atoms with Crippen LogP contribution in [-0.2, 0) is 11.2 Å². The number of halogens is 2. The van der Waals surface area contributed by atoms with E-state index in [-0.39, 0.29) is 44.6 Å². The molecule has 1 aliphatic carbocycles. The van der Waals surface area contributed by atoms with Crippen LogP contribution in [0.15, 0.2) is 18.2 Å². The lowest BCUT2D eigenvalue weighted by Gasteiger charge is -2.35. The van der Waals surface area contributed by atoms with Gasteiger partial charge in [-0.05, 0) is 43.0 Å². The van der Waals surface area contributed by atoms with Gasteiger partial charge in [-0.3, -0.25) is 4.79 Å². The Morgan fingerprint density at radius 2 is 1.96 bits per heavy atom. The largest absolute Gasteiger partial charge is 0.497 e. The third kappa shape index (κ3) is 4.89. The summed E-state index contributed by atoms with van der Waals surface area (Å²) >= 11 is 0. The molecule has 0 unspecified atom stereocenters. The van der Waals surface area contributed by atoms with Gasteiger partial charge in [-0.2, -0.15) is 0 Å². The monoisotopic (exact) mass is 327 g/mol. The van der Waals surface area contributed by atoms with Gasteiger partial charge < -0.3 is 15.2 Å². The van der Waals surface area contributed by atoms with Gasteiger partial charge in [0.2, 0.25) is 11.8 Å². The van der Waals surface area contributed by atoms with Crippen molar-refractivity contribution >= 4 is 5.91 Å². The predicted molar refractivity (Wildman–Crippen MR) is 82.8 cm³/mol. The van der Waals surface area contributed by atoms with Crippen LogP contribution in [0.1, 0.15) is 36.8 Å². The summed E-state index contributed by atoms with van der Waals surface area (Å²) in [5.74, 6) is -2.20. The Labute approximate surface area is 134 Å². The van der Waals surface area contributed by atoms with E-state index >= 15 is 0 Å². The van der Waals surface area contributed by atoms with Gasteiger partial charge in [-0.25, -0.2) is 8.78 Å². The fourth-order valence-corrected chi connectivity index (χ4v) is 2.75. The van der Waals surface area contributed by atoms with Crippen molar-refractivity contribution in [1.29, 1.82) is 0 Å². The van der Waals surface area contributed by atoms with Gasteiger partial charge in [0.05, 0.1) is 19.1 Å². The normalized spacial score (nSPS) is 19.2. The lowest BCUT2D eigenvalue weighted by molar-refractivity contribution is -0.125. The van der Waals surface area contributed by atoms with Crippen molar-refractivity contribution in [2.24, 2.45) is 0 Å². The number of rotatable bonds is 5. The molecule has 6 heteroatoms. The van der Waals surface area contributed by atoms with E-state index in [1.54, 1.807) is 13.2 Å². The third-order valence-electron chi connectivity index (χ3n) is 4.43. The number of aryl methyl sites for hydroxylation is 1. The molecular formula is C17H23F2NO3. The van der Waals surface area contributed by atoms with Crippen molar-refractivity contribution in [2.45, 2.75) is 50.6 Å². The maximum atomic E-state index is 13.1. The van der Waals surface area contributed by atoms with Gasteiger partial charge in [0.25, 0.3) is 0 Å². The van der Waals surface area contributed by atoms with Crippen molar-refractivity contribution in [3.05, 3.63) is 29.3 Å². The van der Waals surface area contributed by atoms with Crippen LogP contribution in [0.3, 0.4) is 0 Å². The van der Waals surface area contributed by atoms with E-state index in [2.05, 4.69) is 5.32 Å². The minimum absolute atomic E-state index is 0.00183. The average molecular weight is 327 g/mol. The molecule has 0 bridgehead atoms. The van der Waals surface area contributed by atoms with Crippen LogP contribution in [0.5, 0.6) is 5.75 Å². The van der Waals surface area contributed by atoms with Gasteiger partial charge >= 0.3 is 0 Å². The summed E-state index contributed by atoms with van der Waals surface area (Å²) in [4.78, 5) is 12.0. The maximum Gasteiger partial charge on any atom is 0.248 e. The summed E-state index contributed by atoms with van der Waals surface area (Å²) in [6.07, 6.45) is -0.486. The minimum Gasteiger partial charge on any atom is -0.497 e. The highest BCUT2D eigenvalue weighted by atomic mass is 19.3. The molecule has 0 heterocycles. The number of hydrogen-bond donors (Lipinski definition) is 2. The summed E-state index contributed by atoms with van der Waals surface area (Å²) < 4.78 is 31.4. The zero-order chi connectivity index (χ0) is 17.1. The number of benzene rings is 1. The maximum absolute atomic E-state index is 13.1. The Balaban J connectivity index is 1.86. The van der Waals surface area contributed by atoms with Crippen molar-refractivity contribution in [2.75, 3.05) is 13.7 Å². The quantitative estimate of drug-likeness (QED) is 0.874. The van der Waals surface area contributed by atoms with Crippen molar-refractivity contribution < 1.29 is 23.4 Å². The molecule has 1 saturated carbocycles. The number of ether oxygens (including phenoxy) is 1. The van der Waals surface area contributed by atoms with Crippen molar-refractivity contribution in [1.82, 2.24) is 5.32 Å². The summed E-state index contributed by atoms with van der Waals surface area (Å²) in [6.45, 7) is 1.90. The van der Waals surface area contributed by atoms with Crippen LogP contribution in [0.25, 0.3) is 0 Å². The molecule has 1 aliphatic rings. The highest BCUT2D eigenvalue weighted by Gasteiger charge is 2.42. The first-order valence-corrected chi connectivity index (χ1v) is 7.73. The number of hydrogen-bond acceptors (Lipinski definition) is 3. The molecule has 2 N–H and O–H groups in total. The number of carbonyl (C=O) groups excluding carboxylic acids is 1. The van der Waals surface area contributed by atoms with E-state index in [9.17, 15) is 18.7 Å². The third-order valence-corrected chi connectivity index (χ3v) is 4.43. The fourth-order valence-electron chi connectivity index (χ4n) is 2.75. The Kier molecular flexibility index (Phi) is 5.24. The zero-order valence-corrected chi connectivity index (χ0v) is 13.5. The van der Waals surface area contributed by atoms with E-state index in [4.69, 9.17) is 4.74 Å². The van der Waals surface area contributed by atoms with Gasteiger partial charge in [0, 0.05) is 19.4 Å². The first-order chi connectivity index (χ1) is 10.7. The molecule has 2 rings (SSSR count). The van der Waals surface area contributed by atoms with Gasteiger partial charge in [-0.1, -0.05) is 6.07 Å². The SMILES string of the molecule is COc1ccc(CC(=O)NCC2(O)CCC(F)(F)CC2)c(C)c1. The standard InChI is InChI=1S/C17H23F2NO3/c1-12-9-14(23-2)4-3-13(12)10-15(21)20-11-16(22)5-7-17(18,19)8-6-16/h3-4,9,22H,5-8,10-11H2,1-2H3,(H,20,21). The summed E-state index contributed by atoms with van der Waals surface area (Å²) in [5, 5.41) is 12.9. The molecule has 1 aromatic rings. The number of methoxy groups -OCH3 is 1. The molecule has 0 aromatic heterocycles. The van der Waals surface area contributed by atoms with Gasteiger partial charge in [-0.15, -0.1) is 0 Å². The Bertz CT molecular complexity index is 565. The summed E-state index contributed by atoms with van der Waals surface area (Å²) in [5.41, 5.74) is 0.577. The van der Waals surface area contributed by atoms with Crippen molar-refractivity contribution in [3.8, 4) is 5.75 Å².